The molecule has 0 fully saturated rings. The molecule has 0 aromatic carbocycles. The summed E-state index contributed by atoms with van der Waals surface area (Å²) in [5.41, 5.74) is 4.32. The molecule has 0 amide bonds. The quantitative estimate of drug-likeness (QED) is 0.647. The Morgan fingerprint density at radius 1 is 1.70 bits per heavy atom. The van der Waals surface area contributed by atoms with Crippen LogP contribution in [-0.2, 0) is 0 Å². The highest BCUT2D eigenvalue weighted by atomic mass is 14.9. The molecule has 0 saturated carbocycles. The third kappa shape index (κ3) is 1.43. The number of nitrogen functional groups attached to an aromatic ring is 1. The van der Waals surface area contributed by atoms with Crippen molar-refractivity contribution in [1.82, 2.24) is 9.97 Å². The fraction of sp³-hybridized carbons (Fsp3) is 0.429. The van der Waals surface area contributed by atoms with Crippen LogP contribution in [0.4, 0.5) is 5.82 Å². The van der Waals surface area contributed by atoms with Crippen LogP contribution >= 0.6 is 0 Å². The van der Waals surface area contributed by atoms with Crippen LogP contribution in [0.2, 0.25) is 0 Å². The molecule has 1 aromatic rings. The largest absolute Gasteiger partial charge is 0.382 e. The van der Waals surface area contributed by atoms with Crippen molar-refractivity contribution in [1.29, 1.82) is 0 Å². The van der Waals surface area contributed by atoms with Crippen molar-refractivity contribution in [2.75, 3.05) is 5.73 Å². The maximum Gasteiger partial charge on any atom is 0.141 e. The molecular weight excluding hydrogens is 126 g/mol. The minimum atomic E-state index is -3.27. The molecule has 1 rings (SSSR count). The minimum absolute atomic E-state index is 0.438. The van der Waals surface area contributed by atoms with Gasteiger partial charge in [0, 0.05) is 9.60 Å². The lowest BCUT2D eigenvalue weighted by molar-refractivity contribution is 0.813. The predicted octanol–water partition coefficient (Wildman–Crippen LogP) is 1.18. The van der Waals surface area contributed by atoms with E-state index < -0.39 is 43.5 Å². The monoisotopic (exact) mass is 146 g/mol. The van der Waals surface area contributed by atoms with Crippen molar-refractivity contribution in [3.63, 3.8) is 0 Å². The molecule has 0 radical (unpaired) electrons. The first-order valence-corrected chi connectivity index (χ1v) is 2.43. The van der Waals surface area contributed by atoms with Gasteiger partial charge in [0.05, 0.1) is 20.8 Å². The Kier molecular flexibility index (Phi) is 0.456. The van der Waals surface area contributed by atoms with E-state index in [-0.39, 0.29) is 0 Å². The number of rotatable bonds is 1. The summed E-state index contributed by atoms with van der Waals surface area (Å²) >= 11 is 0. The van der Waals surface area contributed by atoms with Crippen LogP contribution in [0, 0.1) is 0 Å². The van der Waals surface area contributed by atoms with E-state index in [2.05, 4.69) is 9.97 Å². The van der Waals surface area contributed by atoms with Gasteiger partial charge in [-0.15, -0.1) is 0 Å². The first kappa shape index (κ1) is 1.72. The summed E-state index contributed by atoms with van der Waals surface area (Å²) in [6, 6.07) is 0. The molecule has 0 saturated heterocycles. The molecule has 1 heterocycles. The fourth-order valence-corrected chi connectivity index (χ4v) is 0.388. The topological polar surface area (TPSA) is 51.8 Å². The molecule has 0 bridgehead atoms. The van der Waals surface area contributed by atoms with Crippen LogP contribution in [0.15, 0.2) is 12.3 Å². The van der Waals surface area contributed by atoms with Gasteiger partial charge in [-0.3, -0.25) is 4.98 Å². The van der Waals surface area contributed by atoms with Gasteiger partial charge in [-0.2, -0.15) is 0 Å². The summed E-state index contributed by atoms with van der Waals surface area (Å²) in [5.74, 6) is -3.58. The Balaban J connectivity index is 3.66. The summed E-state index contributed by atoms with van der Waals surface area (Å²) < 4.78 is 66.0. The van der Waals surface area contributed by atoms with Gasteiger partial charge >= 0.3 is 0 Å². The molecule has 54 valence electrons. The Bertz CT molecular complexity index is 478. The number of hydrogen-bond acceptors (Lipinski definition) is 3. The van der Waals surface area contributed by atoms with Crippen molar-refractivity contribution in [2.45, 2.75) is 19.6 Å². The van der Waals surface area contributed by atoms with Gasteiger partial charge in [0.2, 0.25) is 0 Å². The highest BCUT2D eigenvalue weighted by molar-refractivity contribution is 5.23. The van der Waals surface area contributed by atoms with Crippen LogP contribution in [0.25, 0.3) is 0 Å². The Labute approximate surface area is 73.0 Å². The lowest BCUT2D eigenvalue weighted by Crippen LogP contribution is -1.96. The predicted molar refractivity (Wildman–Crippen MR) is 40.5 cm³/mol. The molecule has 0 unspecified atom stereocenters. The van der Waals surface area contributed by atoms with E-state index in [1.165, 1.54) is 0 Å². The van der Waals surface area contributed by atoms with E-state index in [9.17, 15) is 0 Å². The number of nitrogens with zero attached hydrogens (tertiary/aromatic N) is 2. The lowest BCUT2D eigenvalue weighted by Gasteiger charge is -2.01. The van der Waals surface area contributed by atoms with E-state index in [1.807, 2.05) is 0 Å². The average Bonchev–Trinajstić information content (AvgIpc) is 2.19. The molecular formula is C7H11N3. The fourth-order valence-electron chi connectivity index (χ4n) is 0.388. The summed E-state index contributed by atoms with van der Waals surface area (Å²) in [6.45, 7) is -6.55. The molecule has 10 heavy (non-hydrogen) atoms. The van der Waals surface area contributed by atoms with Crippen LogP contribution < -0.4 is 5.73 Å². The summed E-state index contributed by atoms with van der Waals surface area (Å²) in [7, 11) is 0. The van der Waals surface area contributed by atoms with Gasteiger partial charge in [-0.25, -0.2) is 4.98 Å². The summed E-state index contributed by atoms with van der Waals surface area (Å²) in [6.07, 6.45) is -1.51. The van der Waals surface area contributed by atoms with E-state index in [4.69, 9.17) is 18.1 Å². The highest BCUT2D eigenvalue weighted by Crippen LogP contribution is 2.08. The van der Waals surface area contributed by atoms with Crippen LogP contribution in [0.5, 0.6) is 0 Å². The van der Waals surface area contributed by atoms with Crippen LogP contribution in [0.1, 0.15) is 37.6 Å². The zero-order chi connectivity index (χ0) is 15.2. The van der Waals surface area contributed by atoms with E-state index in [1.54, 1.807) is 0 Å². The van der Waals surface area contributed by atoms with Crippen molar-refractivity contribution >= 4 is 5.82 Å². The van der Waals surface area contributed by atoms with Gasteiger partial charge in [0.1, 0.15) is 5.82 Å². The maximum absolute atomic E-state index is 7.80. The molecule has 0 aliphatic heterocycles. The highest BCUT2D eigenvalue weighted by Gasteiger charge is 1.98. The van der Waals surface area contributed by atoms with E-state index >= 15 is 0 Å². The molecule has 0 aliphatic rings. The Morgan fingerprint density at radius 3 is 3.20 bits per heavy atom. The first-order valence-electron chi connectivity index (χ1n) is 6.93. The third-order valence-corrected chi connectivity index (χ3v) is 0.801. The number of anilines is 1. The lowest BCUT2D eigenvalue weighted by atomic mass is 10.1. The molecule has 3 nitrogen and oxygen atoms in total. The van der Waals surface area contributed by atoms with Gasteiger partial charge in [0.15, 0.2) is 0 Å². The first-order chi connectivity index (χ1) is 8.32. The second kappa shape index (κ2) is 2.64. The zero-order valence-electron chi connectivity index (χ0n) is 14.0. The molecule has 0 spiro atoms. The van der Waals surface area contributed by atoms with Crippen molar-refractivity contribution in [3.8, 4) is 0 Å². The second-order valence-corrected chi connectivity index (χ2v) is 1.56. The number of aromatic nitrogens is 2. The normalized spacial score (nSPS) is 27.0. The molecule has 3 heteroatoms. The smallest absolute Gasteiger partial charge is 0.141 e. The average molecular weight is 146 g/mol. The molecule has 1 aromatic heterocycles. The van der Waals surface area contributed by atoms with Gasteiger partial charge < -0.3 is 5.73 Å². The van der Waals surface area contributed by atoms with Gasteiger partial charge in [0.25, 0.3) is 0 Å². The van der Waals surface area contributed by atoms with Crippen molar-refractivity contribution in [3.05, 3.63) is 18.0 Å². The van der Waals surface area contributed by atoms with Crippen LogP contribution in [-0.4, -0.2) is 9.97 Å². The zero-order valence-corrected chi connectivity index (χ0v) is 4.97. The second-order valence-electron chi connectivity index (χ2n) is 1.56. The SMILES string of the molecule is [2H]c1nc(C([2H])(C([2H])([2H])[2H])C([2H])([2H])[2H])c([2H])nc1N. The van der Waals surface area contributed by atoms with E-state index in [0.29, 0.717) is 0 Å². The number of nitrogens with two attached hydrogens (primary N) is 1. The molecule has 0 aliphatic carbocycles. The summed E-state index contributed by atoms with van der Waals surface area (Å²) in [4.78, 5) is 6.70. The maximum atomic E-state index is 7.80. The third-order valence-electron chi connectivity index (χ3n) is 0.801. The standard InChI is InChI=1S/C7H11N3/c1-5(2)6-3-10-7(8)4-9-6/h3-5H,1-2H3,(H2,8,10)/i1D3,2D3,3D,4D,5D. The van der Waals surface area contributed by atoms with Crippen molar-refractivity contribution in [2.24, 2.45) is 0 Å². The number of hydrogen-bond donors (Lipinski definition) is 1. The van der Waals surface area contributed by atoms with Gasteiger partial charge in [-0.05, 0) is 5.89 Å². The molecule has 0 atom stereocenters. The van der Waals surface area contributed by atoms with Gasteiger partial charge in [-0.1, -0.05) is 13.7 Å². The van der Waals surface area contributed by atoms with Crippen LogP contribution in [0.3, 0.4) is 0 Å². The van der Waals surface area contributed by atoms with Crippen molar-refractivity contribution < 1.29 is 12.3 Å². The Morgan fingerprint density at radius 2 is 2.50 bits per heavy atom. The Hall–Kier alpha value is -1.12. The summed E-state index contributed by atoms with van der Waals surface area (Å²) in [5, 5.41) is 0. The molecule has 2 N–H and O–H groups in total. The van der Waals surface area contributed by atoms with E-state index in [0.717, 1.165) is 0 Å². The minimum Gasteiger partial charge on any atom is -0.382 e.